The molecule has 0 saturated carbocycles. The minimum Gasteiger partial charge on any atom is -0.454 e. The number of rotatable bonds is 3. The zero-order valence-electron chi connectivity index (χ0n) is 13.9. The quantitative estimate of drug-likeness (QED) is 0.874. The summed E-state index contributed by atoms with van der Waals surface area (Å²) in [5.74, 6) is 6.47. The van der Waals surface area contributed by atoms with Crippen molar-refractivity contribution in [3.63, 3.8) is 0 Å². The zero-order valence-corrected chi connectivity index (χ0v) is 13.9. The van der Waals surface area contributed by atoms with Gasteiger partial charge in [-0.1, -0.05) is 5.92 Å². The van der Waals surface area contributed by atoms with Crippen molar-refractivity contribution >= 4 is 5.91 Å². The highest BCUT2D eigenvalue weighted by atomic mass is 16.7. The summed E-state index contributed by atoms with van der Waals surface area (Å²) in [7, 11) is 0. The number of nitrogens with zero attached hydrogens (tertiary/aromatic N) is 2. The van der Waals surface area contributed by atoms with Crippen molar-refractivity contribution in [3.05, 3.63) is 41.2 Å². The Morgan fingerprint density at radius 1 is 1.33 bits per heavy atom. The first-order valence-corrected chi connectivity index (χ1v) is 7.74. The van der Waals surface area contributed by atoms with Gasteiger partial charge in [0.25, 0.3) is 5.91 Å². The largest absolute Gasteiger partial charge is 0.454 e. The van der Waals surface area contributed by atoms with E-state index in [0.29, 0.717) is 23.6 Å². The normalized spacial score (nSPS) is 13.1. The maximum Gasteiger partial charge on any atom is 0.296 e. The van der Waals surface area contributed by atoms with E-state index < -0.39 is 0 Å². The van der Waals surface area contributed by atoms with E-state index in [-0.39, 0.29) is 18.7 Å². The molecule has 0 bridgehead atoms. The van der Waals surface area contributed by atoms with E-state index in [1.165, 1.54) is 0 Å². The van der Waals surface area contributed by atoms with Gasteiger partial charge in [-0.15, -0.1) is 0 Å². The third kappa shape index (κ3) is 3.69. The molecule has 0 radical (unpaired) electrons. The summed E-state index contributed by atoms with van der Waals surface area (Å²) in [6, 6.07) is 7.29. The molecule has 6 heteroatoms. The van der Waals surface area contributed by atoms with Gasteiger partial charge in [-0.3, -0.25) is 9.48 Å². The number of hydrogen-bond donors (Lipinski definition) is 1. The van der Waals surface area contributed by atoms with Crippen molar-refractivity contribution in [1.82, 2.24) is 15.1 Å². The number of fused-ring (bicyclic) bond motifs is 1. The maximum atomic E-state index is 12.0. The van der Waals surface area contributed by atoms with Gasteiger partial charge < -0.3 is 14.8 Å². The molecular weight excluding hydrogens is 306 g/mol. The Kier molecular flexibility index (Phi) is 4.43. The smallest absolute Gasteiger partial charge is 0.296 e. The van der Waals surface area contributed by atoms with Crippen LogP contribution in [-0.2, 0) is 11.3 Å². The van der Waals surface area contributed by atoms with E-state index in [0.717, 1.165) is 11.4 Å². The SMILES string of the molecule is Cc1cc(C)n(C[C@H](C)NC(=O)C#Cc2ccc3c(c2)OCO3)n1. The van der Waals surface area contributed by atoms with Crippen LogP contribution in [0.4, 0.5) is 0 Å². The van der Waals surface area contributed by atoms with Crippen molar-refractivity contribution in [1.29, 1.82) is 0 Å². The fourth-order valence-corrected chi connectivity index (χ4v) is 2.53. The summed E-state index contributed by atoms with van der Waals surface area (Å²) >= 11 is 0. The molecule has 0 fully saturated rings. The predicted molar refractivity (Wildman–Crippen MR) is 88.7 cm³/mol. The van der Waals surface area contributed by atoms with Crippen LogP contribution in [0, 0.1) is 25.7 Å². The molecule has 124 valence electrons. The summed E-state index contributed by atoms with van der Waals surface area (Å²) in [4.78, 5) is 12.0. The lowest BCUT2D eigenvalue weighted by molar-refractivity contribution is -0.116. The molecular formula is C18H19N3O3. The second-order valence-electron chi connectivity index (χ2n) is 5.80. The van der Waals surface area contributed by atoms with Gasteiger partial charge in [-0.2, -0.15) is 5.10 Å². The van der Waals surface area contributed by atoms with Gasteiger partial charge in [0.05, 0.1) is 12.2 Å². The Balaban J connectivity index is 1.58. The lowest BCUT2D eigenvalue weighted by atomic mass is 10.2. The third-order valence-corrected chi connectivity index (χ3v) is 3.62. The second-order valence-corrected chi connectivity index (χ2v) is 5.80. The molecule has 1 aromatic heterocycles. The lowest BCUT2D eigenvalue weighted by Gasteiger charge is -2.13. The predicted octanol–water partition coefficient (Wildman–Crippen LogP) is 1.79. The topological polar surface area (TPSA) is 65.4 Å². The number of nitrogens with one attached hydrogen (secondary N) is 1. The van der Waals surface area contributed by atoms with Crippen LogP contribution in [0.2, 0.25) is 0 Å². The fraction of sp³-hybridized carbons (Fsp3) is 0.333. The first-order valence-electron chi connectivity index (χ1n) is 7.74. The Hall–Kier alpha value is -2.94. The average Bonchev–Trinajstić information content (AvgIpc) is 3.11. The number of benzene rings is 1. The van der Waals surface area contributed by atoms with Crippen molar-refractivity contribution < 1.29 is 14.3 Å². The number of hydrogen-bond acceptors (Lipinski definition) is 4. The third-order valence-electron chi connectivity index (χ3n) is 3.62. The summed E-state index contributed by atoms with van der Waals surface area (Å²) in [6.45, 7) is 6.70. The summed E-state index contributed by atoms with van der Waals surface area (Å²) in [5, 5.41) is 7.25. The van der Waals surface area contributed by atoms with E-state index in [1.54, 1.807) is 18.2 Å². The average molecular weight is 325 g/mol. The van der Waals surface area contributed by atoms with Crippen LogP contribution in [0.15, 0.2) is 24.3 Å². The molecule has 0 aliphatic carbocycles. The van der Waals surface area contributed by atoms with E-state index in [4.69, 9.17) is 9.47 Å². The van der Waals surface area contributed by atoms with Gasteiger partial charge in [0, 0.05) is 23.2 Å². The molecule has 1 N–H and O–H groups in total. The lowest BCUT2D eigenvalue weighted by Crippen LogP contribution is -2.35. The maximum absolute atomic E-state index is 12.0. The number of carbonyl (C=O) groups excluding carboxylic acids is 1. The minimum atomic E-state index is -0.318. The molecule has 6 nitrogen and oxygen atoms in total. The summed E-state index contributed by atoms with van der Waals surface area (Å²) in [6.07, 6.45) is 0. The number of ether oxygens (including phenoxy) is 2. The van der Waals surface area contributed by atoms with Gasteiger partial charge in [0.15, 0.2) is 11.5 Å². The van der Waals surface area contributed by atoms with Crippen LogP contribution in [0.5, 0.6) is 11.5 Å². The van der Waals surface area contributed by atoms with Crippen LogP contribution < -0.4 is 14.8 Å². The number of carbonyl (C=O) groups is 1. The van der Waals surface area contributed by atoms with Crippen molar-refractivity contribution in [3.8, 4) is 23.3 Å². The van der Waals surface area contributed by atoms with E-state index >= 15 is 0 Å². The molecule has 1 aliphatic rings. The van der Waals surface area contributed by atoms with Crippen LogP contribution in [0.25, 0.3) is 0 Å². The number of aryl methyl sites for hydroxylation is 2. The molecule has 1 amide bonds. The Morgan fingerprint density at radius 2 is 2.12 bits per heavy atom. The first kappa shape index (κ1) is 15.9. The molecule has 0 saturated heterocycles. The van der Waals surface area contributed by atoms with Crippen LogP contribution in [0.3, 0.4) is 0 Å². The summed E-state index contributed by atoms with van der Waals surface area (Å²) < 4.78 is 12.4. The fourth-order valence-electron chi connectivity index (χ4n) is 2.53. The van der Waals surface area contributed by atoms with E-state index in [9.17, 15) is 4.79 Å². The molecule has 1 aliphatic heterocycles. The molecule has 1 atom stereocenters. The highest BCUT2D eigenvalue weighted by molar-refractivity contribution is 5.94. The molecule has 2 aromatic rings. The van der Waals surface area contributed by atoms with Crippen LogP contribution >= 0.6 is 0 Å². The van der Waals surface area contributed by atoms with E-state index in [2.05, 4.69) is 22.3 Å². The Morgan fingerprint density at radius 3 is 2.88 bits per heavy atom. The molecule has 0 spiro atoms. The summed E-state index contributed by atoms with van der Waals surface area (Å²) in [5.41, 5.74) is 2.74. The first-order chi connectivity index (χ1) is 11.5. The van der Waals surface area contributed by atoms with Gasteiger partial charge in [0.2, 0.25) is 6.79 Å². The van der Waals surface area contributed by atoms with Crippen molar-refractivity contribution in [2.24, 2.45) is 0 Å². The molecule has 0 unspecified atom stereocenters. The highest BCUT2D eigenvalue weighted by Crippen LogP contribution is 2.32. The monoisotopic (exact) mass is 325 g/mol. The Labute approximate surface area is 140 Å². The van der Waals surface area contributed by atoms with E-state index in [1.807, 2.05) is 31.5 Å². The highest BCUT2D eigenvalue weighted by Gasteiger charge is 2.12. The van der Waals surface area contributed by atoms with Crippen LogP contribution in [0.1, 0.15) is 23.9 Å². The van der Waals surface area contributed by atoms with Gasteiger partial charge in [0.1, 0.15) is 0 Å². The van der Waals surface area contributed by atoms with Crippen molar-refractivity contribution in [2.75, 3.05) is 6.79 Å². The Bertz CT molecular complexity index is 830. The number of aromatic nitrogens is 2. The molecule has 3 rings (SSSR count). The minimum absolute atomic E-state index is 0.0680. The van der Waals surface area contributed by atoms with Gasteiger partial charge >= 0.3 is 0 Å². The van der Waals surface area contributed by atoms with Crippen LogP contribution in [-0.4, -0.2) is 28.5 Å². The molecule has 24 heavy (non-hydrogen) atoms. The standard InChI is InChI=1S/C18H19N3O3/c1-12-8-14(3)21(20-12)10-13(2)19-18(22)7-5-15-4-6-16-17(9-15)24-11-23-16/h4,6,8-9,13H,10-11H2,1-3H3,(H,19,22)/t13-/m0/s1. The van der Waals surface area contributed by atoms with Crippen molar-refractivity contribution in [2.45, 2.75) is 33.4 Å². The number of amides is 1. The molecule has 1 aromatic carbocycles. The zero-order chi connectivity index (χ0) is 17.1. The second kappa shape index (κ2) is 6.67. The van der Waals surface area contributed by atoms with Gasteiger partial charge in [-0.05, 0) is 45.0 Å². The molecule has 2 heterocycles. The van der Waals surface area contributed by atoms with Gasteiger partial charge in [-0.25, -0.2) is 0 Å².